The fourth-order valence-corrected chi connectivity index (χ4v) is 1.21. The van der Waals surface area contributed by atoms with Gasteiger partial charge in [-0.2, -0.15) is 0 Å². The molecular weight excluding hydrogens is 243 g/mol. The molecule has 0 aromatic heterocycles. The van der Waals surface area contributed by atoms with E-state index in [1.54, 1.807) is 0 Å². The predicted molar refractivity (Wildman–Crippen MR) is 61.6 cm³/mol. The first kappa shape index (κ1) is 13.9. The number of nitrogens with one attached hydrogen (secondary N) is 1. The van der Waals surface area contributed by atoms with E-state index in [4.69, 9.17) is 15.6 Å². The number of hydrogen-bond donors (Lipinski definition) is 3. The Morgan fingerprint density at radius 3 is 2.78 bits per heavy atom. The number of anilines is 1. The van der Waals surface area contributed by atoms with Crippen LogP contribution in [0.3, 0.4) is 0 Å². The molecule has 0 aliphatic carbocycles. The summed E-state index contributed by atoms with van der Waals surface area (Å²) in [5, 5.41) is 10.7. The van der Waals surface area contributed by atoms with Gasteiger partial charge >= 0.3 is 5.97 Å². The molecule has 0 heterocycles. The van der Waals surface area contributed by atoms with Gasteiger partial charge in [0.05, 0.1) is 12.2 Å². The van der Waals surface area contributed by atoms with Crippen LogP contribution in [0.5, 0.6) is 0 Å². The molecule has 0 fully saturated rings. The quantitative estimate of drug-likeness (QED) is 0.500. The van der Waals surface area contributed by atoms with Gasteiger partial charge in [-0.1, -0.05) is 0 Å². The van der Waals surface area contributed by atoms with Crippen molar-refractivity contribution >= 4 is 17.6 Å². The Morgan fingerprint density at radius 2 is 2.17 bits per heavy atom. The van der Waals surface area contributed by atoms with Crippen molar-refractivity contribution in [1.82, 2.24) is 5.32 Å². The number of carbonyl (C=O) groups is 2. The lowest BCUT2D eigenvalue weighted by Crippen LogP contribution is -2.28. The number of halogens is 1. The molecule has 0 spiro atoms. The monoisotopic (exact) mass is 256 g/mol. The summed E-state index contributed by atoms with van der Waals surface area (Å²) in [5.74, 6) is -2.41. The standard InChI is InChI=1S/C11H13FN2O4/c12-9-5-7(13)1-2-8(9)11(17)14-3-4-18-6-10(15)16/h1-2,5H,3-4,6,13H2,(H,14,17)(H,15,16). The fourth-order valence-electron chi connectivity index (χ4n) is 1.21. The molecule has 0 unspecified atom stereocenters. The average molecular weight is 256 g/mol. The van der Waals surface area contributed by atoms with Crippen molar-refractivity contribution < 1.29 is 23.8 Å². The third-order valence-electron chi connectivity index (χ3n) is 2.00. The van der Waals surface area contributed by atoms with E-state index >= 15 is 0 Å². The highest BCUT2D eigenvalue weighted by Gasteiger charge is 2.10. The maximum Gasteiger partial charge on any atom is 0.329 e. The molecule has 0 radical (unpaired) electrons. The molecule has 6 nitrogen and oxygen atoms in total. The molecular formula is C11H13FN2O4. The lowest BCUT2D eigenvalue weighted by molar-refractivity contribution is -0.142. The minimum absolute atomic E-state index is 0.0363. The van der Waals surface area contributed by atoms with Crippen LogP contribution in [0.1, 0.15) is 10.4 Å². The summed E-state index contributed by atoms with van der Waals surface area (Å²) in [6.45, 7) is -0.309. The van der Waals surface area contributed by atoms with E-state index in [0.29, 0.717) is 0 Å². The Bertz CT molecular complexity index is 451. The van der Waals surface area contributed by atoms with Gasteiger partial charge < -0.3 is 20.9 Å². The topological polar surface area (TPSA) is 102 Å². The van der Waals surface area contributed by atoms with Crippen LogP contribution in [0, 0.1) is 5.82 Å². The third-order valence-corrected chi connectivity index (χ3v) is 2.00. The first-order valence-corrected chi connectivity index (χ1v) is 5.13. The molecule has 1 rings (SSSR count). The van der Waals surface area contributed by atoms with Gasteiger partial charge in [0.15, 0.2) is 0 Å². The van der Waals surface area contributed by atoms with E-state index < -0.39 is 24.3 Å². The molecule has 0 aliphatic heterocycles. The zero-order valence-corrected chi connectivity index (χ0v) is 9.48. The van der Waals surface area contributed by atoms with Crippen LogP contribution < -0.4 is 11.1 Å². The molecule has 0 bridgehead atoms. The molecule has 7 heteroatoms. The lowest BCUT2D eigenvalue weighted by Gasteiger charge is -2.06. The Balaban J connectivity index is 2.39. The smallest absolute Gasteiger partial charge is 0.329 e. The maximum absolute atomic E-state index is 13.3. The Kier molecular flexibility index (Phi) is 5.06. The zero-order chi connectivity index (χ0) is 13.5. The van der Waals surface area contributed by atoms with E-state index in [9.17, 15) is 14.0 Å². The molecule has 1 amide bonds. The van der Waals surface area contributed by atoms with Gasteiger partial charge in [-0.15, -0.1) is 0 Å². The first-order valence-electron chi connectivity index (χ1n) is 5.13. The van der Waals surface area contributed by atoms with Crippen molar-refractivity contribution in [2.45, 2.75) is 0 Å². The number of hydrogen-bond acceptors (Lipinski definition) is 4. The number of carbonyl (C=O) groups excluding carboxylic acids is 1. The molecule has 0 atom stereocenters. The van der Waals surface area contributed by atoms with Gasteiger partial charge in [0.2, 0.25) is 0 Å². The molecule has 1 aromatic carbocycles. The second-order valence-corrected chi connectivity index (χ2v) is 3.44. The number of nitrogen functional groups attached to an aromatic ring is 1. The van der Waals surface area contributed by atoms with E-state index in [2.05, 4.69) is 5.32 Å². The van der Waals surface area contributed by atoms with Crippen LogP contribution in [0.4, 0.5) is 10.1 Å². The van der Waals surface area contributed by atoms with Crippen LogP contribution >= 0.6 is 0 Å². The summed E-state index contributed by atoms with van der Waals surface area (Å²) in [7, 11) is 0. The van der Waals surface area contributed by atoms with Crippen LogP contribution in [-0.4, -0.2) is 36.7 Å². The summed E-state index contributed by atoms with van der Waals surface area (Å²) in [5.41, 5.74) is 5.46. The molecule has 1 aromatic rings. The van der Waals surface area contributed by atoms with Crippen molar-refractivity contribution in [2.75, 3.05) is 25.5 Å². The van der Waals surface area contributed by atoms with Gasteiger partial charge in [0, 0.05) is 12.2 Å². The molecule has 18 heavy (non-hydrogen) atoms. The van der Waals surface area contributed by atoms with Crippen molar-refractivity contribution in [1.29, 1.82) is 0 Å². The molecule has 0 saturated carbocycles. The predicted octanol–water partition coefficient (Wildman–Crippen LogP) is 0.239. The Morgan fingerprint density at radius 1 is 1.44 bits per heavy atom. The molecule has 0 saturated heterocycles. The van der Waals surface area contributed by atoms with Crippen molar-refractivity contribution in [3.8, 4) is 0 Å². The van der Waals surface area contributed by atoms with Crippen LogP contribution in [0.25, 0.3) is 0 Å². The molecule has 0 aliphatic rings. The lowest BCUT2D eigenvalue weighted by atomic mass is 10.2. The van der Waals surface area contributed by atoms with Gasteiger partial charge in [0.25, 0.3) is 5.91 Å². The largest absolute Gasteiger partial charge is 0.480 e. The van der Waals surface area contributed by atoms with Crippen LogP contribution in [0.15, 0.2) is 18.2 Å². The van der Waals surface area contributed by atoms with Crippen LogP contribution in [-0.2, 0) is 9.53 Å². The summed E-state index contributed by atoms with van der Waals surface area (Å²) in [6.07, 6.45) is 0. The number of rotatable bonds is 6. The Hall–Kier alpha value is -2.15. The maximum atomic E-state index is 13.3. The summed E-state index contributed by atoms with van der Waals surface area (Å²) in [6, 6.07) is 3.74. The van der Waals surface area contributed by atoms with Crippen LogP contribution in [0.2, 0.25) is 0 Å². The number of aliphatic carboxylic acids is 1. The number of ether oxygens (including phenoxy) is 1. The summed E-state index contributed by atoms with van der Waals surface area (Å²) >= 11 is 0. The van der Waals surface area contributed by atoms with Gasteiger partial charge in [-0.25, -0.2) is 9.18 Å². The highest BCUT2D eigenvalue weighted by Crippen LogP contribution is 2.11. The van der Waals surface area contributed by atoms with Crippen molar-refractivity contribution in [3.05, 3.63) is 29.6 Å². The highest BCUT2D eigenvalue weighted by atomic mass is 19.1. The number of benzene rings is 1. The minimum atomic E-state index is -1.09. The Labute approximate surface area is 103 Å². The number of carboxylic acids is 1. The number of carboxylic acid groups (broad SMARTS) is 1. The van der Waals surface area contributed by atoms with E-state index in [0.717, 1.165) is 6.07 Å². The van der Waals surface area contributed by atoms with Crippen molar-refractivity contribution in [3.63, 3.8) is 0 Å². The highest BCUT2D eigenvalue weighted by molar-refractivity contribution is 5.94. The van der Waals surface area contributed by atoms with E-state index in [1.807, 2.05) is 0 Å². The SMILES string of the molecule is Nc1ccc(C(=O)NCCOCC(=O)O)c(F)c1. The van der Waals surface area contributed by atoms with Gasteiger partial charge in [-0.05, 0) is 18.2 Å². The van der Waals surface area contributed by atoms with Gasteiger partial charge in [-0.3, -0.25) is 4.79 Å². The minimum Gasteiger partial charge on any atom is -0.480 e. The number of nitrogens with two attached hydrogens (primary N) is 1. The van der Waals surface area contributed by atoms with E-state index in [1.165, 1.54) is 12.1 Å². The summed E-state index contributed by atoms with van der Waals surface area (Å²) in [4.78, 5) is 21.6. The molecule has 98 valence electrons. The summed E-state index contributed by atoms with van der Waals surface area (Å²) < 4.78 is 18.0. The average Bonchev–Trinajstić information content (AvgIpc) is 2.27. The first-order chi connectivity index (χ1) is 8.50. The second-order valence-electron chi connectivity index (χ2n) is 3.44. The molecule has 4 N–H and O–H groups in total. The zero-order valence-electron chi connectivity index (χ0n) is 9.48. The van der Waals surface area contributed by atoms with E-state index in [-0.39, 0.29) is 24.4 Å². The number of amides is 1. The van der Waals surface area contributed by atoms with Gasteiger partial charge in [0.1, 0.15) is 12.4 Å². The van der Waals surface area contributed by atoms with Crippen molar-refractivity contribution in [2.24, 2.45) is 0 Å². The normalized spacial score (nSPS) is 10.1. The fraction of sp³-hybridized carbons (Fsp3) is 0.273. The third kappa shape index (κ3) is 4.38. The second kappa shape index (κ2) is 6.55.